The molecule has 1 amide bonds. The van der Waals surface area contributed by atoms with Crippen LogP contribution in [0, 0.1) is 6.92 Å². The van der Waals surface area contributed by atoms with Gasteiger partial charge in [-0.05, 0) is 42.7 Å². The molecular formula is C17H16BrNO. The van der Waals surface area contributed by atoms with Crippen molar-refractivity contribution in [3.8, 4) is 0 Å². The van der Waals surface area contributed by atoms with Crippen LogP contribution in [-0.4, -0.2) is 13.0 Å². The van der Waals surface area contributed by atoms with E-state index in [1.165, 1.54) is 11.1 Å². The fraction of sp³-hybridized carbons (Fsp3) is 0.235. The Kier molecular flexibility index (Phi) is 3.38. The predicted molar refractivity (Wildman–Crippen MR) is 85.2 cm³/mol. The third kappa shape index (κ3) is 2.27. The van der Waals surface area contributed by atoms with Gasteiger partial charge in [0.05, 0.1) is 5.92 Å². The number of halogens is 1. The van der Waals surface area contributed by atoms with Crippen LogP contribution in [0.4, 0.5) is 5.69 Å². The maximum atomic E-state index is 12.5. The molecule has 1 aliphatic heterocycles. The van der Waals surface area contributed by atoms with Crippen molar-refractivity contribution in [1.82, 2.24) is 0 Å². The highest BCUT2D eigenvalue weighted by atomic mass is 79.9. The first-order valence-corrected chi connectivity index (χ1v) is 7.48. The summed E-state index contributed by atoms with van der Waals surface area (Å²) in [5.74, 6) is 0.105. The molecule has 1 heterocycles. The van der Waals surface area contributed by atoms with E-state index in [9.17, 15) is 4.79 Å². The lowest BCUT2D eigenvalue weighted by Crippen LogP contribution is -2.24. The summed E-state index contributed by atoms with van der Waals surface area (Å²) < 4.78 is 1.02. The molecular weight excluding hydrogens is 314 g/mol. The largest absolute Gasteiger partial charge is 0.315 e. The van der Waals surface area contributed by atoms with Gasteiger partial charge in [0.15, 0.2) is 0 Å². The average Bonchev–Trinajstić information content (AvgIpc) is 2.64. The monoisotopic (exact) mass is 329 g/mol. The lowest BCUT2D eigenvalue weighted by atomic mass is 9.93. The topological polar surface area (TPSA) is 20.3 Å². The SMILES string of the molecule is Cc1cccc(CC2C(=O)N(C)c3ccc(Br)cc32)c1. The molecule has 2 aromatic rings. The average molecular weight is 330 g/mol. The molecule has 0 aliphatic carbocycles. The molecule has 1 atom stereocenters. The second kappa shape index (κ2) is 5.06. The van der Waals surface area contributed by atoms with E-state index in [-0.39, 0.29) is 11.8 Å². The standard InChI is InChI=1S/C17H16BrNO/c1-11-4-3-5-12(8-11)9-15-14-10-13(18)6-7-16(14)19(2)17(15)20/h3-8,10,15H,9H2,1-2H3. The summed E-state index contributed by atoms with van der Waals surface area (Å²) in [4.78, 5) is 14.2. The highest BCUT2D eigenvalue weighted by Crippen LogP contribution is 2.39. The van der Waals surface area contributed by atoms with Gasteiger partial charge in [-0.3, -0.25) is 4.79 Å². The van der Waals surface area contributed by atoms with Crippen LogP contribution < -0.4 is 4.90 Å². The van der Waals surface area contributed by atoms with Gasteiger partial charge in [-0.1, -0.05) is 45.8 Å². The fourth-order valence-corrected chi connectivity index (χ4v) is 3.25. The van der Waals surface area contributed by atoms with Crippen molar-refractivity contribution in [1.29, 1.82) is 0 Å². The minimum atomic E-state index is -0.0747. The van der Waals surface area contributed by atoms with Gasteiger partial charge in [-0.15, -0.1) is 0 Å². The number of aryl methyl sites for hydroxylation is 1. The number of nitrogens with zero attached hydrogens (tertiary/aromatic N) is 1. The Morgan fingerprint density at radius 3 is 2.75 bits per heavy atom. The van der Waals surface area contributed by atoms with Gasteiger partial charge < -0.3 is 4.90 Å². The molecule has 20 heavy (non-hydrogen) atoms. The molecule has 2 aromatic carbocycles. The van der Waals surface area contributed by atoms with Crippen LogP contribution in [0.25, 0.3) is 0 Å². The maximum absolute atomic E-state index is 12.5. The van der Waals surface area contributed by atoms with Gasteiger partial charge >= 0.3 is 0 Å². The van der Waals surface area contributed by atoms with Crippen molar-refractivity contribution in [3.63, 3.8) is 0 Å². The number of fused-ring (bicyclic) bond motifs is 1. The second-order valence-corrected chi connectivity index (χ2v) is 6.26. The molecule has 0 saturated heterocycles. The quantitative estimate of drug-likeness (QED) is 0.813. The molecule has 3 heteroatoms. The fourth-order valence-electron chi connectivity index (χ4n) is 2.87. The smallest absolute Gasteiger partial charge is 0.234 e. The Bertz CT molecular complexity index is 680. The number of likely N-dealkylation sites (N-methyl/N-ethyl adjacent to an activating group) is 1. The molecule has 0 radical (unpaired) electrons. The van der Waals surface area contributed by atoms with E-state index in [0.717, 1.165) is 22.1 Å². The van der Waals surface area contributed by atoms with Crippen LogP contribution in [0.2, 0.25) is 0 Å². The van der Waals surface area contributed by atoms with E-state index >= 15 is 0 Å². The second-order valence-electron chi connectivity index (χ2n) is 5.35. The number of anilines is 1. The number of rotatable bonds is 2. The molecule has 0 aromatic heterocycles. The summed E-state index contributed by atoms with van der Waals surface area (Å²) in [7, 11) is 1.85. The summed E-state index contributed by atoms with van der Waals surface area (Å²) in [6, 6.07) is 14.4. The summed E-state index contributed by atoms with van der Waals surface area (Å²) in [5.41, 5.74) is 4.59. The predicted octanol–water partition coefficient (Wildman–Crippen LogP) is 4.06. The summed E-state index contributed by atoms with van der Waals surface area (Å²) in [5, 5.41) is 0. The van der Waals surface area contributed by atoms with Crippen LogP contribution >= 0.6 is 15.9 Å². The third-order valence-corrected chi connectivity index (χ3v) is 4.37. The number of benzene rings is 2. The van der Waals surface area contributed by atoms with Crippen LogP contribution in [0.1, 0.15) is 22.6 Å². The zero-order chi connectivity index (χ0) is 14.3. The maximum Gasteiger partial charge on any atom is 0.234 e. The van der Waals surface area contributed by atoms with E-state index in [4.69, 9.17) is 0 Å². The third-order valence-electron chi connectivity index (χ3n) is 3.88. The van der Waals surface area contributed by atoms with Gasteiger partial charge in [0.1, 0.15) is 0 Å². The zero-order valence-corrected chi connectivity index (χ0v) is 13.1. The molecule has 102 valence electrons. The highest BCUT2D eigenvalue weighted by Gasteiger charge is 2.35. The molecule has 1 unspecified atom stereocenters. The van der Waals surface area contributed by atoms with Gasteiger partial charge in [-0.2, -0.15) is 0 Å². The van der Waals surface area contributed by atoms with Gasteiger partial charge in [-0.25, -0.2) is 0 Å². The van der Waals surface area contributed by atoms with E-state index in [1.54, 1.807) is 4.90 Å². The van der Waals surface area contributed by atoms with Crippen molar-refractivity contribution in [2.45, 2.75) is 19.3 Å². The molecule has 3 rings (SSSR count). The van der Waals surface area contributed by atoms with Crippen LogP contribution in [-0.2, 0) is 11.2 Å². The highest BCUT2D eigenvalue weighted by molar-refractivity contribution is 9.10. The number of amides is 1. The number of hydrogen-bond donors (Lipinski definition) is 0. The van der Waals surface area contributed by atoms with Crippen molar-refractivity contribution < 1.29 is 4.79 Å². The Morgan fingerprint density at radius 2 is 2.00 bits per heavy atom. The Hall–Kier alpha value is -1.61. The minimum Gasteiger partial charge on any atom is -0.315 e. The first kappa shape index (κ1) is 13.4. The molecule has 2 nitrogen and oxygen atoms in total. The minimum absolute atomic E-state index is 0.0747. The normalized spacial score (nSPS) is 17.4. The summed E-state index contributed by atoms with van der Waals surface area (Å²) in [6.07, 6.45) is 0.758. The summed E-state index contributed by atoms with van der Waals surface area (Å²) in [6.45, 7) is 2.08. The zero-order valence-electron chi connectivity index (χ0n) is 11.6. The molecule has 0 bridgehead atoms. The summed E-state index contributed by atoms with van der Waals surface area (Å²) >= 11 is 3.50. The molecule has 0 N–H and O–H groups in total. The Balaban J connectivity index is 1.98. The van der Waals surface area contributed by atoms with Gasteiger partial charge in [0.25, 0.3) is 0 Å². The van der Waals surface area contributed by atoms with E-state index in [0.29, 0.717) is 0 Å². The number of carbonyl (C=O) groups excluding carboxylic acids is 1. The lowest BCUT2D eigenvalue weighted by molar-refractivity contribution is -0.119. The van der Waals surface area contributed by atoms with Crippen molar-refractivity contribution in [2.24, 2.45) is 0 Å². The van der Waals surface area contributed by atoms with Crippen molar-refractivity contribution in [2.75, 3.05) is 11.9 Å². The van der Waals surface area contributed by atoms with Gasteiger partial charge in [0.2, 0.25) is 5.91 Å². The molecule has 1 aliphatic rings. The van der Waals surface area contributed by atoms with E-state index in [2.05, 4.69) is 53.2 Å². The van der Waals surface area contributed by atoms with Crippen molar-refractivity contribution in [3.05, 3.63) is 63.6 Å². The first-order chi connectivity index (χ1) is 9.56. The number of hydrogen-bond acceptors (Lipinski definition) is 1. The van der Waals surface area contributed by atoms with Gasteiger partial charge in [0, 0.05) is 17.2 Å². The van der Waals surface area contributed by atoms with Crippen LogP contribution in [0.5, 0.6) is 0 Å². The number of carbonyl (C=O) groups is 1. The lowest BCUT2D eigenvalue weighted by Gasteiger charge is -2.11. The van der Waals surface area contributed by atoms with Crippen molar-refractivity contribution >= 4 is 27.5 Å². The Morgan fingerprint density at radius 1 is 1.20 bits per heavy atom. The molecule has 0 saturated carbocycles. The van der Waals surface area contributed by atoms with E-state index < -0.39 is 0 Å². The van der Waals surface area contributed by atoms with Crippen LogP contribution in [0.15, 0.2) is 46.9 Å². The van der Waals surface area contributed by atoms with E-state index in [1.807, 2.05) is 19.2 Å². The molecule has 0 spiro atoms. The molecule has 0 fully saturated rings. The first-order valence-electron chi connectivity index (χ1n) is 6.69. The van der Waals surface area contributed by atoms with Crippen LogP contribution in [0.3, 0.4) is 0 Å². The Labute approximate surface area is 127 Å².